The first kappa shape index (κ1) is 26.6. The quantitative estimate of drug-likeness (QED) is 0.386. The smallest absolute Gasteiger partial charge is 0.254 e. The van der Waals surface area contributed by atoms with Gasteiger partial charge in [0.25, 0.3) is 5.91 Å². The Balaban J connectivity index is 1.55. The molecular formula is C24H24Cl2N4O4S. The number of nitrogens with one attached hydrogen (secondary N) is 2. The molecule has 1 aromatic heterocycles. The van der Waals surface area contributed by atoms with E-state index in [0.717, 1.165) is 5.56 Å². The summed E-state index contributed by atoms with van der Waals surface area (Å²) in [6.07, 6.45) is 0.0922. The summed E-state index contributed by atoms with van der Waals surface area (Å²) in [5.41, 5.74) is 1.85. The molecule has 0 aliphatic carbocycles. The van der Waals surface area contributed by atoms with E-state index in [9.17, 15) is 14.4 Å². The number of benzene rings is 2. The molecule has 0 atom stereocenters. The van der Waals surface area contributed by atoms with Crippen LogP contribution in [0.2, 0.25) is 10.0 Å². The molecule has 0 saturated heterocycles. The first-order chi connectivity index (χ1) is 16.9. The van der Waals surface area contributed by atoms with Crippen LogP contribution in [0.25, 0.3) is 0 Å². The molecule has 0 radical (unpaired) electrons. The van der Waals surface area contributed by atoms with Gasteiger partial charge in [0.15, 0.2) is 5.13 Å². The zero-order valence-electron chi connectivity index (χ0n) is 18.9. The molecule has 3 amide bonds. The van der Waals surface area contributed by atoms with E-state index in [1.54, 1.807) is 11.4 Å². The highest BCUT2D eigenvalue weighted by Gasteiger charge is 2.20. The highest BCUT2D eigenvalue weighted by atomic mass is 35.5. The summed E-state index contributed by atoms with van der Waals surface area (Å²) in [7, 11) is 1.51. The van der Waals surface area contributed by atoms with E-state index in [1.165, 1.54) is 35.5 Å². The fourth-order valence-corrected chi connectivity index (χ4v) is 4.09. The van der Waals surface area contributed by atoms with Crippen LogP contribution in [0.5, 0.6) is 0 Å². The number of aromatic nitrogens is 1. The molecule has 0 unspecified atom stereocenters. The normalized spacial score (nSPS) is 10.6. The minimum absolute atomic E-state index is 0.0922. The second kappa shape index (κ2) is 13.2. The van der Waals surface area contributed by atoms with Crippen LogP contribution in [0.3, 0.4) is 0 Å². The first-order valence-electron chi connectivity index (χ1n) is 10.6. The number of halogens is 2. The zero-order chi connectivity index (χ0) is 25.2. The van der Waals surface area contributed by atoms with Gasteiger partial charge in [0.2, 0.25) is 11.8 Å². The van der Waals surface area contributed by atoms with Gasteiger partial charge >= 0.3 is 0 Å². The van der Waals surface area contributed by atoms with E-state index in [4.69, 9.17) is 27.9 Å². The third-order valence-electron chi connectivity index (χ3n) is 4.83. The Kier molecular flexibility index (Phi) is 10.0. The highest BCUT2D eigenvalue weighted by Crippen LogP contribution is 2.23. The van der Waals surface area contributed by atoms with Crippen LogP contribution in [0.1, 0.15) is 21.6 Å². The van der Waals surface area contributed by atoms with Gasteiger partial charge in [-0.3, -0.25) is 14.4 Å². The van der Waals surface area contributed by atoms with Crippen LogP contribution in [-0.2, 0) is 27.3 Å². The second-order valence-corrected chi connectivity index (χ2v) is 9.15. The van der Waals surface area contributed by atoms with Gasteiger partial charge < -0.3 is 20.3 Å². The van der Waals surface area contributed by atoms with Crippen LogP contribution in [0.4, 0.5) is 5.13 Å². The number of hydrogen-bond acceptors (Lipinski definition) is 6. The fraction of sp³-hybridized carbons (Fsp3) is 0.250. The molecule has 0 bridgehead atoms. The predicted octanol–water partition coefficient (Wildman–Crippen LogP) is 4.04. The second-order valence-electron chi connectivity index (χ2n) is 7.48. The van der Waals surface area contributed by atoms with Gasteiger partial charge in [-0.05, 0) is 23.8 Å². The SMILES string of the molecule is COCCN(CC(=O)Nc1nc(CC(=O)NCc2ccccc2)cs1)C(=O)c1ccc(Cl)c(Cl)c1. The lowest BCUT2D eigenvalue weighted by Gasteiger charge is -2.22. The van der Waals surface area contributed by atoms with Crippen molar-refractivity contribution in [1.29, 1.82) is 0 Å². The molecule has 8 nitrogen and oxygen atoms in total. The lowest BCUT2D eigenvalue weighted by Crippen LogP contribution is -2.40. The summed E-state index contributed by atoms with van der Waals surface area (Å²) in [5.74, 6) is -0.982. The van der Waals surface area contributed by atoms with Crippen molar-refractivity contribution in [3.05, 3.63) is 80.8 Å². The summed E-state index contributed by atoms with van der Waals surface area (Å²) in [6.45, 7) is 0.667. The number of thiazole rings is 1. The lowest BCUT2D eigenvalue weighted by atomic mass is 10.2. The molecule has 0 fully saturated rings. The van der Waals surface area contributed by atoms with Crippen molar-refractivity contribution in [2.24, 2.45) is 0 Å². The van der Waals surface area contributed by atoms with Gasteiger partial charge in [-0.25, -0.2) is 4.98 Å². The minimum atomic E-state index is -0.427. The Hall–Kier alpha value is -2.98. The Morgan fingerprint density at radius 1 is 1.06 bits per heavy atom. The number of methoxy groups -OCH3 is 1. The maximum Gasteiger partial charge on any atom is 0.254 e. The number of ether oxygens (including phenoxy) is 1. The molecule has 184 valence electrons. The first-order valence-corrected chi connectivity index (χ1v) is 12.3. The minimum Gasteiger partial charge on any atom is -0.383 e. The number of amides is 3. The van der Waals surface area contributed by atoms with E-state index in [-0.39, 0.29) is 43.0 Å². The van der Waals surface area contributed by atoms with Crippen LogP contribution >= 0.6 is 34.5 Å². The largest absolute Gasteiger partial charge is 0.383 e. The molecule has 3 aromatic rings. The number of anilines is 1. The monoisotopic (exact) mass is 534 g/mol. The molecule has 2 N–H and O–H groups in total. The van der Waals surface area contributed by atoms with Crippen molar-refractivity contribution >= 4 is 57.4 Å². The van der Waals surface area contributed by atoms with Crippen LogP contribution in [0.15, 0.2) is 53.9 Å². The number of nitrogens with zero attached hydrogens (tertiary/aromatic N) is 2. The van der Waals surface area contributed by atoms with Gasteiger partial charge in [-0.2, -0.15) is 0 Å². The van der Waals surface area contributed by atoms with E-state index in [0.29, 0.717) is 28.0 Å². The molecule has 0 aliphatic rings. The van der Waals surface area contributed by atoms with E-state index in [1.807, 2.05) is 30.3 Å². The maximum absolute atomic E-state index is 12.9. The molecule has 1 heterocycles. The van der Waals surface area contributed by atoms with Crippen LogP contribution in [-0.4, -0.2) is 54.4 Å². The number of carbonyl (C=O) groups excluding carboxylic acids is 3. The van der Waals surface area contributed by atoms with Gasteiger partial charge in [-0.1, -0.05) is 53.5 Å². The molecule has 3 rings (SSSR count). The Morgan fingerprint density at radius 2 is 1.83 bits per heavy atom. The molecule has 0 spiro atoms. The number of hydrogen-bond donors (Lipinski definition) is 2. The third kappa shape index (κ3) is 8.32. The van der Waals surface area contributed by atoms with Gasteiger partial charge in [0.1, 0.15) is 6.54 Å². The molecule has 35 heavy (non-hydrogen) atoms. The summed E-state index contributed by atoms with van der Waals surface area (Å²) in [4.78, 5) is 43.4. The molecule has 11 heteroatoms. The van der Waals surface area contributed by atoms with Crippen molar-refractivity contribution in [2.75, 3.05) is 32.1 Å². The Morgan fingerprint density at radius 3 is 2.54 bits per heavy atom. The van der Waals surface area contributed by atoms with Crippen molar-refractivity contribution in [2.45, 2.75) is 13.0 Å². The van der Waals surface area contributed by atoms with E-state index >= 15 is 0 Å². The predicted molar refractivity (Wildman–Crippen MR) is 137 cm³/mol. The third-order valence-corrected chi connectivity index (χ3v) is 6.37. The Bertz CT molecular complexity index is 1170. The molecule has 0 saturated carbocycles. The van der Waals surface area contributed by atoms with Crippen molar-refractivity contribution in [3.8, 4) is 0 Å². The molecular weight excluding hydrogens is 511 g/mol. The highest BCUT2D eigenvalue weighted by molar-refractivity contribution is 7.13. The summed E-state index contributed by atoms with van der Waals surface area (Å²) >= 11 is 13.2. The summed E-state index contributed by atoms with van der Waals surface area (Å²) in [6, 6.07) is 14.1. The van der Waals surface area contributed by atoms with Gasteiger partial charge in [0.05, 0.1) is 28.8 Å². The molecule has 0 aliphatic heterocycles. The number of carbonyl (C=O) groups is 3. The zero-order valence-corrected chi connectivity index (χ0v) is 21.3. The fourth-order valence-electron chi connectivity index (χ4n) is 3.07. The summed E-state index contributed by atoms with van der Waals surface area (Å²) in [5, 5.41) is 8.16. The average molecular weight is 535 g/mol. The maximum atomic E-state index is 12.9. The van der Waals surface area contributed by atoms with Crippen LogP contribution < -0.4 is 10.6 Å². The number of rotatable bonds is 11. The average Bonchev–Trinajstić information content (AvgIpc) is 3.28. The lowest BCUT2D eigenvalue weighted by molar-refractivity contribution is -0.120. The topological polar surface area (TPSA) is 101 Å². The van der Waals surface area contributed by atoms with Crippen molar-refractivity contribution in [1.82, 2.24) is 15.2 Å². The van der Waals surface area contributed by atoms with E-state index in [2.05, 4.69) is 15.6 Å². The van der Waals surface area contributed by atoms with E-state index < -0.39 is 5.91 Å². The Labute approximate surface area is 217 Å². The van der Waals surface area contributed by atoms with Gasteiger partial charge in [-0.15, -0.1) is 11.3 Å². The standard InChI is InChI=1S/C24H24Cl2N4O4S/c1-34-10-9-30(23(33)17-7-8-19(25)20(26)11-17)14-22(32)29-24-28-18(15-35-24)12-21(31)27-13-16-5-3-2-4-6-16/h2-8,11,15H,9-10,12-14H2,1H3,(H,27,31)(H,28,29,32). The van der Waals surface area contributed by atoms with Crippen molar-refractivity contribution in [3.63, 3.8) is 0 Å². The van der Waals surface area contributed by atoms with Crippen LogP contribution in [0, 0.1) is 0 Å². The van der Waals surface area contributed by atoms with Gasteiger partial charge in [0, 0.05) is 31.1 Å². The molecule has 2 aromatic carbocycles. The van der Waals surface area contributed by atoms with Crippen molar-refractivity contribution < 1.29 is 19.1 Å². The summed E-state index contributed by atoms with van der Waals surface area (Å²) < 4.78 is 5.07.